The van der Waals surface area contributed by atoms with E-state index in [1.165, 1.54) is 0 Å². The molecule has 0 heterocycles. The van der Waals surface area contributed by atoms with Crippen molar-refractivity contribution in [3.8, 4) is 0 Å². The van der Waals surface area contributed by atoms with Crippen molar-refractivity contribution in [2.24, 2.45) is 0 Å². The molecular formula is C11H13ClN2O2. The quantitative estimate of drug-likeness (QED) is 0.831. The van der Waals surface area contributed by atoms with Crippen LogP contribution in [0.15, 0.2) is 24.3 Å². The molecule has 0 atom stereocenters. The molecule has 0 aromatic heterocycles. The molecule has 0 spiro atoms. The summed E-state index contributed by atoms with van der Waals surface area (Å²) >= 11 is 5.74. The summed E-state index contributed by atoms with van der Waals surface area (Å²) in [4.78, 5) is 22.6. The van der Waals surface area contributed by atoms with Crippen LogP contribution in [0, 0.1) is 0 Å². The van der Waals surface area contributed by atoms with Crippen molar-refractivity contribution in [1.82, 2.24) is 10.6 Å². The molecule has 2 amide bonds. The molecule has 4 nitrogen and oxygen atoms in total. The highest BCUT2D eigenvalue weighted by Crippen LogP contribution is 2.10. The zero-order valence-corrected chi connectivity index (χ0v) is 9.67. The minimum Gasteiger partial charge on any atom is -0.355 e. The van der Waals surface area contributed by atoms with E-state index in [0.29, 0.717) is 17.1 Å². The Morgan fingerprint density at radius 1 is 1.31 bits per heavy atom. The highest BCUT2D eigenvalue weighted by atomic mass is 35.5. The Labute approximate surface area is 99.0 Å². The number of carbonyl (C=O) groups excluding carboxylic acids is 2. The number of halogens is 1. The zero-order valence-electron chi connectivity index (χ0n) is 8.92. The molecular weight excluding hydrogens is 228 g/mol. The minimum atomic E-state index is -0.311. The third-order valence-corrected chi connectivity index (χ3v) is 2.11. The lowest BCUT2D eigenvalue weighted by atomic mass is 10.2. The highest BCUT2D eigenvalue weighted by Gasteiger charge is 2.07. The van der Waals surface area contributed by atoms with Gasteiger partial charge >= 0.3 is 0 Å². The van der Waals surface area contributed by atoms with Crippen LogP contribution in [0.3, 0.4) is 0 Å². The van der Waals surface area contributed by atoms with Gasteiger partial charge in [0.1, 0.15) is 0 Å². The molecule has 5 heteroatoms. The Hall–Kier alpha value is -1.55. The Morgan fingerprint density at radius 2 is 2.06 bits per heavy atom. The summed E-state index contributed by atoms with van der Waals surface area (Å²) in [6, 6.07) is 6.55. The maximum absolute atomic E-state index is 11.6. The Kier molecular flexibility index (Phi) is 4.79. The Bertz CT molecular complexity index is 393. The summed E-state index contributed by atoms with van der Waals surface area (Å²) < 4.78 is 0. The van der Waals surface area contributed by atoms with Gasteiger partial charge in [-0.25, -0.2) is 0 Å². The lowest BCUT2D eigenvalue weighted by molar-refractivity contribution is -0.120. The van der Waals surface area contributed by atoms with Crippen LogP contribution in [0.2, 0.25) is 5.02 Å². The second-order valence-corrected chi connectivity index (χ2v) is 3.58. The predicted octanol–water partition coefficient (Wildman–Crippen LogP) is 1.21. The largest absolute Gasteiger partial charge is 0.355 e. The zero-order chi connectivity index (χ0) is 12.0. The molecule has 0 unspecified atom stereocenters. The van der Waals surface area contributed by atoms with Crippen LogP contribution in [0.4, 0.5) is 0 Å². The maximum Gasteiger partial charge on any atom is 0.251 e. The molecule has 16 heavy (non-hydrogen) atoms. The fourth-order valence-corrected chi connectivity index (χ4v) is 1.34. The molecule has 0 bridgehead atoms. The number of benzene rings is 1. The number of nitrogens with one attached hydrogen (secondary N) is 2. The van der Waals surface area contributed by atoms with Gasteiger partial charge in [0.2, 0.25) is 5.91 Å². The van der Waals surface area contributed by atoms with Crippen molar-refractivity contribution in [3.05, 3.63) is 34.9 Å². The Morgan fingerprint density at radius 3 is 2.69 bits per heavy atom. The van der Waals surface area contributed by atoms with E-state index in [9.17, 15) is 9.59 Å². The van der Waals surface area contributed by atoms with Gasteiger partial charge in [-0.15, -0.1) is 0 Å². The third-order valence-electron chi connectivity index (χ3n) is 1.87. The monoisotopic (exact) mass is 240 g/mol. The van der Waals surface area contributed by atoms with E-state index in [1.54, 1.807) is 24.3 Å². The molecule has 0 aliphatic carbocycles. The van der Waals surface area contributed by atoms with Crippen LogP contribution >= 0.6 is 11.6 Å². The van der Waals surface area contributed by atoms with Gasteiger partial charge in [0, 0.05) is 17.1 Å². The molecule has 0 saturated heterocycles. The molecule has 0 fully saturated rings. The summed E-state index contributed by atoms with van der Waals surface area (Å²) in [5.41, 5.74) is 0.441. The van der Waals surface area contributed by atoms with Crippen LogP contribution in [-0.2, 0) is 4.79 Å². The van der Waals surface area contributed by atoms with Crippen LogP contribution < -0.4 is 10.6 Å². The van der Waals surface area contributed by atoms with E-state index in [4.69, 9.17) is 11.6 Å². The van der Waals surface area contributed by atoms with Crippen LogP contribution in [-0.4, -0.2) is 24.9 Å². The van der Waals surface area contributed by atoms with E-state index < -0.39 is 0 Å². The first kappa shape index (κ1) is 12.5. The SMILES string of the molecule is CCNC(=O)CNC(=O)c1cccc(Cl)c1. The third kappa shape index (κ3) is 3.90. The number of hydrogen-bond acceptors (Lipinski definition) is 2. The first-order valence-corrected chi connectivity index (χ1v) is 5.31. The second kappa shape index (κ2) is 6.12. The fraction of sp³-hybridized carbons (Fsp3) is 0.273. The van der Waals surface area contributed by atoms with Gasteiger partial charge < -0.3 is 10.6 Å². The standard InChI is InChI=1S/C11H13ClN2O2/c1-2-13-10(15)7-14-11(16)8-4-3-5-9(12)6-8/h3-6H,2,7H2,1H3,(H,13,15)(H,14,16). The Balaban J connectivity index is 2.50. The maximum atomic E-state index is 11.6. The summed E-state index contributed by atoms with van der Waals surface area (Å²) in [7, 11) is 0. The van der Waals surface area contributed by atoms with E-state index in [-0.39, 0.29) is 18.4 Å². The molecule has 2 N–H and O–H groups in total. The van der Waals surface area contributed by atoms with Crippen molar-refractivity contribution >= 4 is 23.4 Å². The van der Waals surface area contributed by atoms with Crippen LogP contribution in [0.5, 0.6) is 0 Å². The smallest absolute Gasteiger partial charge is 0.251 e. The normalized spacial score (nSPS) is 9.62. The van der Waals surface area contributed by atoms with Gasteiger partial charge in [-0.3, -0.25) is 9.59 Å². The summed E-state index contributed by atoms with van der Waals surface area (Å²) in [5, 5.41) is 5.58. The summed E-state index contributed by atoms with van der Waals surface area (Å²) in [6.07, 6.45) is 0. The molecule has 0 saturated carbocycles. The lowest BCUT2D eigenvalue weighted by Crippen LogP contribution is -2.36. The van der Waals surface area contributed by atoms with E-state index >= 15 is 0 Å². The van der Waals surface area contributed by atoms with Crippen molar-refractivity contribution in [1.29, 1.82) is 0 Å². The van der Waals surface area contributed by atoms with Gasteiger partial charge in [-0.05, 0) is 25.1 Å². The summed E-state index contributed by atoms with van der Waals surface area (Å²) in [5.74, 6) is -0.522. The van der Waals surface area contributed by atoms with Crippen molar-refractivity contribution in [3.63, 3.8) is 0 Å². The molecule has 1 rings (SSSR count). The number of amides is 2. The topological polar surface area (TPSA) is 58.2 Å². The molecule has 0 aliphatic heterocycles. The summed E-state index contributed by atoms with van der Waals surface area (Å²) in [6.45, 7) is 2.34. The van der Waals surface area contributed by atoms with Crippen molar-refractivity contribution in [2.75, 3.05) is 13.1 Å². The van der Waals surface area contributed by atoms with Crippen molar-refractivity contribution < 1.29 is 9.59 Å². The molecule has 86 valence electrons. The van der Waals surface area contributed by atoms with E-state index in [1.807, 2.05) is 6.92 Å². The van der Waals surface area contributed by atoms with E-state index in [2.05, 4.69) is 10.6 Å². The van der Waals surface area contributed by atoms with Gasteiger partial charge in [0.25, 0.3) is 5.91 Å². The fourth-order valence-electron chi connectivity index (χ4n) is 1.15. The van der Waals surface area contributed by atoms with Crippen LogP contribution in [0.25, 0.3) is 0 Å². The second-order valence-electron chi connectivity index (χ2n) is 3.15. The predicted molar refractivity (Wildman–Crippen MR) is 62.5 cm³/mol. The average Bonchev–Trinajstić information content (AvgIpc) is 2.26. The molecule has 1 aromatic carbocycles. The molecule has 0 radical (unpaired) electrons. The van der Waals surface area contributed by atoms with Gasteiger partial charge in [0.05, 0.1) is 6.54 Å². The average molecular weight is 241 g/mol. The number of likely N-dealkylation sites (N-methyl/N-ethyl adjacent to an activating group) is 1. The first-order chi connectivity index (χ1) is 7.63. The van der Waals surface area contributed by atoms with Crippen LogP contribution in [0.1, 0.15) is 17.3 Å². The van der Waals surface area contributed by atoms with Crippen molar-refractivity contribution in [2.45, 2.75) is 6.92 Å². The van der Waals surface area contributed by atoms with Gasteiger partial charge in [-0.2, -0.15) is 0 Å². The number of hydrogen-bond donors (Lipinski definition) is 2. The highest BCUT2D eigenvalue weighted by molar-refractivity contribution is 6.30. The minimum absolute atomic E-state index is 0.0286. The molecule has 0 aliphatic rings. The first-order valence-electron chi connectivity index (χ1n) is 4.94. The lowest BCUT2D eigenvalue weighted by Gasteiger charge is -2.05. The van der Waals surface area contributed by atoms with Gasteiger partial charge in [-0.1, -0.05) is 17.7 Å². The van der Waals surface area contributed by atoms with Gasteiger partial charge in [0.15, 0.2) is 0 Å². The number of rotatable bonds is 4. The molecule has 1 aromatic rings. The number of carbonyl (C=O) groups is 2. The van der Waals surface area contributed by atoms with E-state index in [0.717, 1.165) is 0 Å².